The Balaban J connectivity index is 1.72. The Morgan fingerprint density at radius 2 is 2.04 bits per heavy atom. The van der Waals surface area contributed by atoms with Crippen LogP contribution in [-0.4, -0.2) is 46.4 Å². The molecular formula is C19H18F3N3O3. The van der Waals surface area contributed by atoms with Gasteiger partial charge in [-0.3, -0.25) is 4.79 Å². The van der Waals surface area contributed by atoms with Crippen molar-refractivity contribution in [2.75, 3.05) is 13.2 Å². The predicted octanol–water partition coefficient (Wildman–Crippen LogP) is 2.84. The number of H-pyrrole nitrogens is 1. The number of aromatic amines is 1. The van der Waals surface area contributed by atoms with E-state index >= 15 is 0 Å². The number of aliphatic hydroxyl groups excluding tert-OH is 1. The molecule has 0 spiro atoms. The molecule has 9 heteroatoms. The van der Waals surface area contributed by atoms with Crippen molar-refractivity contribution in [2.45, 2.75) is 18.6 Å². The highest BCUT2D eigenvalue weighted by molar-refractivity contribution is 5.96. The van der Waals surface area contributed by atoms with Crippen LogP contribution in [0.3, 0.4) is 0 Å². The molecule has 1 atom stereocenters. The first-order valence-electron chi connectivity index (χ1n) is 8.48. The van der Waals surface area contributed by atoms with Gasteiger partial charge in [0.2, 0.25) is 5.88 Å². The van der Waals surface area contributed by atoms with Crippen molar-refractivity contribution in [1.29, 1.82) is 0 Å². The van der Waals surface area contributed by atoms with Crippen molar-refractivity contribution in [3.05, 3.63) is 59.9 Å². The van der Waals surface area contributed by atoms with Crippen LogP contribution in [0.25, 0.3) is 10.9 Å². The quantitative estimate of drug-likeness (QED) is 0.576. The number of ether oxygens (including phenoxy) is 1. The highest BCUT2D eigenvalue weighted by Crippen LogP contribution is 2.21. The predicted molar refractivity (Wildman–Crippen MR) is 96.1 cm³/mol. The van der Waals surface area contributed by atoms with Gasteiger partial charge in [0.15, 0.2) is 6.61 Å². The van der Waals surface area contributed by atoms with Gasteiger partial charge in [0, 0.05) is 23.3 Å². The Bertz CT molecular complexity index is 956. The molecule has 28 heavy (non-hydrogen) atoms. The number of pyridine rings is 1. The molecular weight excluding hydrogens is 375 g/mol. The van der Waals surface area contributed by atoms with E-state index in [1.807, 2.05) is 24.3 Å². The molecule has 3 aromatic rings. The summed E-state index contributed by atoms with van der Waals surface area (Å²) in [5.41, 5.74) is 1.69. The van der Waals surface area contributed by atoms with E-state index in [2.05, 4.69) is 20.0 Å². The Morgan fingerprint density at radius 3 is 2.79 bits per heavy atom. The first-order valence-corrected chi connectivity index (χ1v) is 8.48. The minimum atomic E-state index is -4.55. The van der Waals surface area contributed by atoms with Crippen molar-refractivity contribution in [1.82, 2.24) is 15.3 Å². The van der Waals surface area contributed by atoms with Crippen molar-refractivity contribution < 1.29 is 27.8 Å². The van der Waals surface area contributed by atoms with Crippen LogP contribution in [0.1, 0.15) is 15.9 Å². The van der Waals surface area contributed by atoms with E-state index in [1.165, 1.54) is 18.3 Å². The molecule has 0 radical (unpaired) electrons. The van der Waals surface area contributed by atoms with E-state index in [4.69, 9.17) is 0 Å². The fourth-order valence-corrected chi connectivity index (χ4v) is 2.82. The summed E-state index contributed by atoms with van der Waals surface area (Å²) in [6.45, 7) is -1.90. The second kappa shape index (κ2) is 8.30. The number of hydrogen-bond acceptors (Lipinski definition) is 4. The maximum Gasteiger partial charge on any atom is 0.422 e. The summed E-state index contributed by atoms with van der Waals surface area (Å²) >= 11 is 0. The molecule has 3 N–H and O–H groups in total. The minimum absolute atomic E-state index is 0.135. The Kier molecular flexibility index (Phi) is 5.84. The molecule has 1 amide bonds. The van der Waals surface area contributed by atoms with Crippen molar-refractivity contribution in [2.24, 2.45) is 0 Å². The first kappa shape index (κ1) is 19.7. The van der Waals surface area contributed by atoms with E-state index < -0.39 is 30.6 Å². The molecule has 0 bridgehead atoms. The van der Waals surface area contributed by atoms with Crippen LogP contribution in [0.2, 0.25) is 0 Å². The van der Waals surface area contributed by atoms with Crippen molar-refractivity contribution in [3.8, 4) is 5.88 Å². The maximum absolute atomic E-state index is 12.5. The summed E-state index contributed by atoms with van der Waals surface area (Å²) in [6.07, 6.45) is -1.18. The van der Waals surface area contributed by atoms with E-state index in [9.17, 15) is 23.1 Å². The number of rotatable bonds is 7. The van der Waals surface area contributed by atoms with Gasteiger partial charge in [0.25, 0.3) is 5.91 Å². The fraction of sp³-hybridized carbons (Fsp3) is 0.263. The molecule has 0 aliphatic rings. The molecule has 148 valence electrons. The zero-order chi connectivity index (χ0) is 20.1. The average molecular weight is 393 g/mol. The van der Waals surface area contributed by atoms with Gasteiger partial charge >= 0.3 is 6.18 Å². The van der Waals surface area contributed by atoms with Gasteiger partial charge in [0.1, 0.15) is 5.56 Å². The topological polar surface area (TPSA) is 87.2 Å². The van der Waals surface area contributed by atoms with Crippen LogP contribution < -0.4 is 10.1 Å². The first-order chi connectivity index (χ1) is 13.4. The summed E-state index contributed by atoms with van der Waals surface area (Å²) in [6, 6.07) is 9.69. The molecule has 0 aliphatic carbocycles. The van der Waals surface area contributed by atoms with Crippen LogP contribution in [0, 0.1) is 0 Å². The fourth-order valence-electron chi connectivity index (χ4n) is 2.82. The van der Waals surface area contributed by atoms with E-state index in [0.29, 0.717) is 6.42 Å². The number of carbonyl (C=O) groups is 1. The van der Waals surface area contributed by atoms with Gasteiger partial charge in [-0.1, -0.05) is 18.2 Å². The third-order valence-electron chi connectivity index (χ3n) is 4.09. The monoisotopic (exact) mass is 393 g/mol. The smallest absolute Gasteiger partial charge is 0.422 e. The third-order valence-corrected chi connectivity index (χ3v) is 4.09. The number of amides is 1. The number of carbonyl (C=O) groups excluding carboxylic acids is 1. The molecule has 0 aliphatic heterocycles. The third kappa shape index (κ3) is 4.80. The normalized spacial score (nSPS) is 12.7. The highest BCUT2D eigenvalue weighted by atomic mass is 19.4. The van der Waals surface area contributed by atoms with Crippen molar-refractivity contribution >= 4 is 16.8 Å². The number of aliphatic hydroxyl groups is 1. The summed E-state index contributed by atoms with van der Waals surface area (Å²) in [5.74, 6) is -1.09. The zero-order valence-corrected chi connectivity index (χ0v) is 14.7. The Hall–Kier alpha value is -3.07. The Labute approximate surface area is 158 Å². The molecule has 2 aromatic heterocycles. The Morgan fingerprint density at radius 1 is 1.25 bits per heavy atom. The van der Waals surface area contributed by atoms with E-state index in [-0.39, 0.29) is 12.2 Å². The molecule has 0 fully saturated rings. The van der Waals surface area contributed by atoms with Crippen LogP contribution in [0.15, 0.2) is 48.8 Å². The lowest BCUT2D eigenvalue weighted by Crippen LogP contribution is -2.39. The lowest BCUT2D eigenvalue weighted by molar-refractivity contribution is -0.154. The van der Waals surface area contributed by atoms with Gasteiger partial charge in [-0.15, -0.1) is 0 Å². The minimum Gasteiger partial charge on any atom is -0.467 e. The number of nitrogens with one attached hydrogen (secondary N) is 2. The molecule has 3 rings (SSSR count). The number of halogens is 3. The number of aromatic nitrogens is 2. The van der Waals surface area contributed by atoms with Crippen molar-refractivity contribution in [3.63, 3.8) is 0 Å². The standard InChI is InChI=1S/C19H18F3N3O3/c20-19(21,22)11-28-18-15(5-3-7-23-18)17(27)25-13(10-26)8-12-9-24-16-6-2-1-4-14(12)16/h1-7,9,13,24,26H,8,10-11H2,(H,25,27). The van der Waals surface area contributed by atoms with Gasteiger partial charge in [-0.25, -0.2) is 4.98 Å². The molecule has 1 aromatic carbocycles. The average Bonchev–Trinajstić information content (AvgIpc) is 3.08. The number of fused-ring (bicyclic) bond motifs is 1. The van der Waals surface area contributed by atoms with Crippen LogP contribution in [0.4, 0.5) is 13.2 Å². The largest absolute Gasteiger partial charge is 0.467 e. The second-order valence-corrected chi connectivity index (χ2v) is 6.18. The molecule has 2 heterocycles. The number of alkyl halides is 3. The van der Waals surface area contributed by atoms with Crippen LogP contribution in [0.5, 0.6) is 5.88 Å². The van der Waals surface area contributed by atoms with Crippen LogP contribution >= 0.6 is 0 Å². The second-order valence-electron chi connectivity index (χ2n) is 6.18. The summed E-state index contributed by atoms with van der Waals surface area (Å²) in [4.78, 5) is 19.3. The zero-order valence-electron chi connectivity index (χ0n) is 14.7. The number of nitrogens with zero attached hydrogens (tertiary/aromatic N) is 1. The van der Waals surface area contributed by atoms with E-state index in [0.717, 1.165) is 16.5 Å². The molecule has 1 unspecified atom stereocenters. The number of benzene rings is 1. The molecule has 6 nitrogen and oxygen atoms in total. The SMILES string of the molecule is O=C(NC(CO)Cc1c[nH]c2ccccc12)c1cccnc1OCC(F)(F)F. The number of hydrogen-bond donors (Lipinski definition) is 3. The molecule has 0 saturated heterocycles. The van der Waals surface area contributed by atoms with Gasteiger partial charge in [-0.05, 0) is 30.2 Å². The highest BCUT2D eigenvalue weighted by Gasteiger charge is 2.30. The van der Waals surface area contributed by atoms with E-state index in [1.54, 1.807) is 6.20 Å². The lowest BCUT2D eigenvalue weighted by atomic mass is 10.0. The summed E-state index contributed by atoms with van der Waals surface area (Å²) < 4.78 is 41.8. The lowest BCUT2D eigenvalue weighted by Gasteiger charge is -2.17. The summed E-state index contributed by atoms with van der Waals surface area (Å²) in [5, 5.41) is 13.2. The van der Waals surface area contributed by atoms with Crippen LogP contribution in [-0.2, 0) is 6.42 Å². The van der Waals surface area contributed by atoms with Gasteiger partial charge in [-0.2, -0.15) is 13.2 Å². The summed E-state index contributed by atoms with van der Waals surface area (Å²) in [7, 11) is 0. The van der Waals surface area contributed by atoms with Gasteiger partial charge < -0.3 is 20.1 Å². The molecule has 0 saturated carbocycles. The number of para-hydroxylation sites is 1. The van der Waals surface area contributed by atoms with Gasteiger partial charge in [0.05, 0.1) is 12.6 Å². The maximum atomic E-state index is 12.5.